The average Bonchev–Trinajstić information content (AvgIpc) is 2.84. The van der Waals surface area contributed by atoms with Crippen molar-refractivity contribution in [2.45, 2.75) is 31.5 Å². The molecular weight excluding hydrogens is 266 g/mol. The Morgan fingerprint density at radius 1 is 1.53 bits per heavy atom. The number of rotatable bonds is 5. The first-order chi connectivity index (χ1) is 8.99. The molecule has 0 aliphatic carbocycles. The van der Waals surface area contributed by atoms with Crippen molar-refractivity contribution in [1.29, 1.82) is 0 Å². The minimum absolute atomic E-state index is 0.129. The van der Waals surface area contributed by atoms with Crippen molar-refractivity contribution in [2.75, 3.05) is 38.6 Å². The summed E-state index contributed by atoms with van der Waals surface area (Å²) in [5, 5.41) is 1.04. The molecule has 0 aromatic carbocycles. The summed E-state index contributed by atoms with van der Waals surface area (Å²) in [5.74, 6) is 0.129. The van der Waals surface area contributed by atoms with Gasteiger partial charge in [0.2, 0.25) is 0 Å². The van der Waals surface area contributed by atoms with Crippen LogP contribution in [0.4, 0.5) is 0 Å². The molecule has 2 aliphatic heterocycles. The molecule has 0 aromatic rings. The minimum Gasteiger partial charge on any atom is -0.378 e. The van der Waals surface area contributed by atoms with Gasteiger partial charge in [-0.15, -0.1) is 0 Å². The summed E-state index contributed by atoms with van der Waals surface area (Å²) < 4.78 is 34.6. The Balaban J connectivity index is 1.98. The van der Waals surface area contributed by atoms with E-state index in [0.29, 0.717) is 13.2 Å². The normalized spacial score (nSPS) is 32.8. The lowest BCUT2D eigenvalue weighted by molar-refractivity contribution is -0.153. The maximum absolute atomic E-state index is 11.5. The molecule has 2 saturated heterocycles. The standard InChI is InChI=1S/C13H23NO4S/c1-3-12-9-14(6-8-19(15,16)4-2)10-13(18-12)5-7-17-11-13/h4,12H,2-3,5-11H2,1H3. The molecule has 5 nitrogen and oxygen atoms in total. The summed E-state index contributed by atoms with van der Waals surface area (Å²) in [6.07, 6.45) is 2.00. The molecule has 19 heavy (non-hydrogen) atoms. The van der Waals surface area contributed by atoms with Crippen LogP contribution in [0.5, 0.6) is 0 Å². The Morgan fingerprint density at radius 2 is 2.32 bits per heavy atom. The summed E-state index contributed by atoms with van der Waals surface area (Å²) in [6, 6.07) is 0. The maximum atomic E-state index is 11.5. The lowest BCUT2D eigenvalue weighted by Crippen LogP contribution is -2.56. The van der Waals surface area contributed by atoms with E-state index in [2.05, 4.69) is 18.4 Å². The third-order valence-corrected chi connectivity index (χ3v) is 5.12. The summed E-state index contributed by atoms with van der Waals surface area (Å²) >= 11 is 0. The van der Waals surface area contributed by atoms with Crippen molar-refractivity contribution < 1.29 is 17.9 Å². The van der Waals surface area contributed by atoms with Crippen molar-refractivity contribution in [2.24, 2.45) is 0 Å². The van der Waals surface area contributed by atoms with Crippen LogP contribution in [0, 0.1) is 0 Å². The molecule has 0 N–H and O–H groups in total. The summed E-state index contributed by atoms with van der Waals surface area (Å²) in [7, 11) is -3.13. The number of hydrogen-bond donors (Lipinski definition) is 0. The van der Waals surface area contributed by atoms with E-state index in [1.165, 1.54) is 0 Å². The summed E-state index contributed by atoms with van der Waals surface area (Å²) in [5.41, 5.74) is -0.225. The summed E-state index contributed by atoms with van der Waals surface area (Å²) in [4.78, 5) is 2.19. The van der Waals surface area contributed by atoms with Crippen LogP contribution in [-0.4, -0.2) is 63.6 Å². The Hall–Kier alpha value is -0.430. The molecule has 0 saturated carbocycles. The fraction of sp³-hybridized carbons (Fsp3) is 0.846. The number of sulfone groups is 1. The van der Waals surface area contributed by atoms with Gasteiger partial charge in [-0.3, -0.25) is 4.90 Å². The number of ether oxygens (including phenoxy) is 2. The molecule has 2 aliphatic rings. The second-order valence-electron chi connectivity index (χ2n) is 5.40. The predicted molar refractivity (Wildman–Crippen MR) is 73.8 cm³/mol. The highest BCUT2D eigenvalue weighted by Crippen LogP contribution is 2.30. The fourth-order valence-electron chi connectivity index (χ4n) is 2.72. The SMILES string of the molecule is C=CS(=O)(=O)CCN1CC(CC)OC2(CCOC2)C1. The molecule has 0 radical (unpaired) electrons. The van der Waals surface area contributed by atoms with Gasteiger partial charge in [-0.2, -0.15) is 0 Å². The molecule has 2 unspecified atom stereocenters. The predicted octanol–water partition coefficient (Wildman–Crippen LogP) is 0.815. The van der Waals surface area contributed by atoms with E-state index < -0.39 is 9.84 Å². The zero-order valence-corrected chi connectivity index (χ0v) is 12.3. The Morgan fingerprint density at radius 3 is 2.89 bits per heavy atom. The number of morpholine rings is 1. The van der Waals surface area contributed by atoms with Gasteiger partial charge in [-0.1, -0.05) is 13.5 Å². The van der Waals surface area contributed by atoms with Crippen LogP contribution < -0.4 is 0 Å². The van der Waals surface area contributed by atoms with Gasteiger partial charge in [0.15, 0.2) is 9.84 Å². The van der Waals surface area contributed by atoms with Gasteiger partial charge in [0.05, 0.1) is 18.5 Å². The number of nitrogens with zero attached hydrogens (tertiary/aromatic N) is 1. The third kappa shape index (κ3) is 3.78. The quantitative estimate of drug-likeness (QED) is 0.750. The molecule has 2 atom stereocenters. The van der Waals surface area contributed by atoms with Gasteiger partial charge < -0.3 is 9.47 Å². The van der Waals surface area contributed by atoms with Crippen molar-refractivity contribution in [1.82, 2.24) is 4.90 Å². The zero-order valence-electron chi connectivity index (χ0n) is 11.5. The average molecular weight is 289 g/mol. The van der Waals surface area contributed by atoms with Crippen molar-refractivity contribution >= 4 is 9.84 Å². The van der Waals surface area contributed by atoms with E-state index in [9.17, 15) is 8.42 Å². The Labute approximate surface area is 115 Å². The van der Waals surface area contributed by atoms with E-state index in [4.69, 9.17) is 9.47 Å². The molecule has 2 fully saturated rings. The van der Waals surface area contributed by atoms with Gasteiger partial charge in [-0.25, -0.2) is 8.42 Å². The van der Waals surface area contributed by atoms with Gasteiger partial charge in [-0.05, 0) is 6.42 Å². The van der Waals surface area contributed by atoms with Crippen LogP contribution in [-0.2, 0) is 19.3 Å². The first-order valence-corrected chi connectivity index (χ1v) is 8.53. The highest BCUT2D eigenvalue weighted by molar-refractivity contribution is 7.94. The van der Waals surface area contributed by atoms with E-state index in [0.717, 1.165) is 37.9 Å². The Bertz CT molecular complexity index is 414. The van der Waals surface area contributed by atoms with Crippen LogP contribution >= 0.6 is 0 Å². The van der Waals surface area contributed by atoms with E-state index in [1.807, 2.05) is 0 Å². The molecule has 0 aromatic heterocycles. The van der Waals surface area contributed by atoms with Gasteiger partial charge >= 0.3 is 0 Å². The topological polar surface area (TPSA) is 55.8 Å². The van der Waals surface area contributed by atoms with Crippen molar-refractivity contribution in [3.05, 3.63) is 12.0 Å². The first-order valence-electron chi connectivity index (χ1n) is 6.82. The fourth-order valence-corrected chi connectivity index (χ4v) is 3.40. The second kappa shape index (κ2) is 5.91. The minimum atomic E-state index is -3.13. The van der Waals surface area contributed by atoms with E-state index in [1.54, 1.807) is 0 Å². The highest BCUT2D eigenvalue weighted by atomic mass is 32.2. The van der Waals surface area contributed by atoms with Crippen LogP contribution in [0.2, 0.25) is 0 Å². The van der Waals surface area contributed by atoms with E-state index >= 15 is 0 Å². The maximum Gasteiger partial charge on any atom is 0.172 e. The molecule has 2 heterocycles. The van der Waals surface area contributed by atoms with Crippen LogP contribution in [0.15, 0.2) is 12.0 Å². The van der Waals surface area contributed by atoms with Gasteiger partial charge in [0, 0.05) is 38.1 Å². The van der Waals surface area contributed by atoms with Crippen molar-refractivity contribution in [3.63, 3.8) is 0 Å². The highest BCUT2D eigenvalue weighted by Gasteiger charge is 2.43. The smallest absolute Gasteiger partial charge is 0.172 e. The van der Waals surface area contributed by atoms with Gasteiger partial charge in [0.25, 0.3) is 0 Å². The Kier molecular flexibility index (Phi) is 4.66. The van der Waals surface area contributed by atoms with Crippen molar-refractivity contribution in [3.8, 4) is 0 Å². The van der Waals surface area contributed by atoms with Crippen LogP contribution in [0.25, 0.3) is 0 Å². The van der Waals surface area contributed by atoms with Crippen LogP contribution in [0.1, 0.15) is 19.8 Å². The largest absolute Gasteiger partial charge is 0.378 e. The zero-order chi connectivity index (χ0) is 13.9. The molecule has 6 heteroatoms. The lowest BCUT2D eigenvalue weighted by atomic mass is 9.98. The van der Waals surface area contributed by atoms with Gasteiger partial charge in [0.1, 0.15) is 5.60 Å². The molecule has 1 spiro atoms. The molecule has 2 rings (SSSR count). The second-order valence-corrected chi connectivity index (χ2v) is 7.47. The summed E-state index contributed by atoms with van der Waals surface area (Å²) in [6.45, 7) is 8.89. The molecule has 0 bridgehead atoms. The van der Waals surface area contributed by atoms with E-state index in [-0.39, 0.29) is 17.5 Å². The molecule has 110 valence electrons. The monoisotopic (exact) mass is 289 g/mol. The first kappa shape index (κ1) is 15.0. The number of hydrogen-bond acceptors (Lipinski definition) is 5. The molecular formula is C13H23NO4S. The van der Waals surface area contributed by atoms with Crippen LogP contribution in [0.3, 0.4) is 0 Å². The third-order valence-electron chi connectivity index (χ3n) is 3.86. The molecule has 0 amide bonds. The lowest BCUT2D eigenvalue weighted by Gasteiger charge is -2.43.